The van der Waals surface area contributed by atoms with Gasteiger partial charge in [-0.15, -0.1) is 0 Å². The summed E-state index contributed by atoms with van der Waals surface area (Å²) < 4.78 is 3.96. The maximum Gasteiger partial charge on any atom is 0.203 e. The van der Waals surface area contributed by atoms with E-state index in [-0.39, 0.29) is 5.54 Å². The molecule has 1 heterocycles. The molecule has 5 heteroatoms. The molecule has 0 aliphatic carbocycles. The molecule has 1 unspecified atom stereocenters. The van der Waals surface area contributed by atoms with E-state index in [9.17, 15) is 0 Å². The number of aromatic nitrogens is 2. The zero-order valence-corrected chi connectivity index (χ0v) is 9.87. The van der Waals surface area contributed by atoms with Crippen molar-refractivity contribution in [2.75, 3.05) is 11.9 Å². The second-order valence-corrected chi connectivity index (χ2v) is 4.55. The van der Waals surface area contributed by atoms with Crippen LogP contribution in [0.4, 0.5) is 5.13 Å². The Morgan fingerprint density at radius 3 is 2.69 bits per heavy atom. The van der Waals surface area contributed by atoms with E-state index in [1.54, 1.807) is 0 Å². The first-order valence-corrected chi connectivity index (χ1v) is 5.82. The third kappa shape index (κ3) is 2.20. The summed E-state index contributed by atoms with van der Waals surface area (Å²) in [7, 11) is 0. The Balaban J connectivity index is 2.26. The monoisotopic (exact) mass is 234 g/mol. The Labute approximate surface area is 98.7 Å². The van der Waals surface area contributed by atoms with Gasteiger partial charge in [-0.3, -0.25) is 0 Å². The van der Waals surface area contributed by atoms with Crippen molar-refractivity contribution in [2.45, 2.75) is 12.5 Å². The van der Waals surface area contributed by atoms with Crippen molar-refractivity contribution >= 4 is 16.7 Å². The van der Waals surface area contributed by atoms with Crippen LogP contribution in [0.2, 0.25) is 0 Å². The lowest BCUT2D eigenvalue weighted by Gasteiger charge is -2.29. The number of anilines is 1. The summed E-state index contributed by atoms with van der Waals surface area (Å²) in [5.41, 5.74) is 6.69. The lowest BCUT2D eigenvalue weighted by molar-refractivity contribution is 0.556. The fourth-order valence-electron chi connectivity index (χ4n) is 1.51. The maximum absolute atomic E-state index is 5.85. The fourth-order valence-corrected chi connectivity index (χ4v) is 2.07. The third-order valence-electron chi connectivity index (χ3n) is 2.56. The predicted octanol–water partition coefficient (Wildman–Crippen LogP) is 1.82. The Bertz CT molecular complexity index is 429. The SMILES string of the molecule is CC(CN)(Nc1ncns1)c1ccccc1. The van der Waals surface area contributed by atoms with Crippen molar-refractivity contribution in [3.05, 3.63) is 42.2 Å². The summed E-state index contributed by atoms with van der Waals surface area (Å²) in [6.07, 6.45) is 1.54. The van der Waals surface area contributed by atoms with E-state index in [1.165, 1.54) is 17.9 Å². The van der Waals surface area contributed by atoms with E-state index in [0.29, 0.717) is 6.54 Å². The molecule has 0 amide bonds. The Hall–Kier alpha value is -1.46. The highest BCUT2D eigenvalue weighted by atomic mass is 32.1. The van der Waals surface area contributed by atoms with Crippen molar-refractivity contribution in [3.63, 3.8) is 0 Å². The molecule has 2 aromatic rings. The van der Waals surface area contributed by atoms with Crippen LogP contribution in [0.5, 0.6) is 0 Å². The van der Waals surface area contributed by atoms with Crippen LogP contribution in [-0.2, 0) is 5.54 Å². The molecule has 0 spiro atoms. The minimum Gasteiger partial charge on any atom is -0.350 e. The van der Waals surface area contributed by atoms with Gasteiger partial charge in [0.25, 0.3) is 0 Å². The first-order valence-electron chi connectivity index (χ1n) is 5.05. The van der Waals surface area contributed by atoms with Gasteiger partial charge in [0.05, 0.1) is 5.54 Å². The van der Waals surface area contributed by atoms with Gasteiger partial charge in [-0.25, -0.2) is 4.98 Å². The van der Waals surface area contributed by atoms with Gasteiger partial charge in [-0.2, -0.15) is 4.37 Å². The van der Waals surface area contributed by atoms with Crippen molar-refractivity contribution in [1.82, 2.24) is 9.36 Å². The Morgan fingerprint density at radius 1 is 1.38 bits per heavy atom. The quantitative estimate of drug-likeness (QED) is 0.847. The fraction of sp³-hybridized carbons (Fsp3) is 0.273. The van der Waals surface area contributed by atoms with E-state index in [4.69, 9.17) is 5.73 Å². The van der Waals surface area contributed by atoms with Gasteiger partial charge in [0.15, 0.2) is 0 Å². The van der Waals surface area contributed by atoms with E-state index in [1.807, 2.05) is 18.2 Å². The van der Waals surface area contributed by atoms with E-state index in [0.717, 1.165) is 10.7 Å². The summed E-state index contributed by atoms with van der Waals surface area (Å²) in [4.78, 5) is 4.12. The maximum atomic E-state index is 5.85. The highest BCUT2D eigenvalue weighted by Crippen LogP contribution is 2.25. The number of nitrogens with zero attached hydrogens (tertiary/aromatic N) is 2. The summed E-state index contributed by atoms with van der Waals surface area (Å²) in [6, 6.07) is 10.1. The van der Waals surface area contributed by atoms with Crippen molar-refractivity contribution in [1.29, 1.82) is 0 Å². The molecule has 84 valence electrons. The van der Waals surface area contributed by atoms with Crippen LogP contribution in [0, 0.1) is 0 Å². The molecule has 0 radical (unpaired) electrons. The molecule has 4 nitrogen and oxygen atoms in total. The molecule has 3 N–H and O–H groups in total. The number of nitrogens with one attached hydrogen (secondary N) is 1. The number of hydrogen-bond acceptors (Lipinski definition) is 5. The summed E-state index contributed by atoms with van der Waals surface area (Å²) in [5, 5.41) is 4.11. The zero-order chi connectivity index (χ0) is 11.4. The van der Waals surface area contributed by atoms with Gasteiger partial charge >= 0.3 is 0 Å². The lowest BCUT2D eigenvalue weighted by Crippen LogP contribution is -2.39. The highest BCUT2D eigenvalue weighted by molar-refractivity contribution is 7.09. The van der Waals surface area contributed by atoms with Gasteiger partial charge in [0.2, 0.25) is 5.13 Å². The normalized spacial score (nSPS) is 14.4. The first kappa shape index (κ1) is 11.0. The highest BCUT2D eigenvalue weighted by Gasteiger charge is 2.25. The largest absolute Gasteiger partial charge is 0.350 e. The molecular weight excluding hydrogens is 220 g/mol. The second-order valence-electron chi connectivity index (χ2n) is 3.77. The van der Waals surface area contributed by atoms with Gasteiger partial charge in [0.1, 0.15) is 6.33 Å². The topological polar surface area (TPSA) is 63.8 Å². The minimum absolute atomic E-state index is 0.305. The molecular formula is C11H14N4S. The number of benzene rings is 1. The predicted molar refractivity (Wildman–Crippen MR) is 66.4 cm³/mol. The van der Waals surface area contributed by atoms with E-state index < -0.39 is 0 Å². The molecule has 0 aliphatic rings. The molecule has 1 aromatic carbocycles. The van der Waals surface area contributed by atoms with Crippen LogP contribution in [0.15, 0.2) is 36.7 Å². The van der Waals surface area contributed by atoms with Crippen LogP contribution < -0.4 is 11.1 Å². The van der Waals surface area contributed by atoms with Crippen LogP contribution in [-0.4, -0.2) is 15.9 Å². The summed E-state index contributed by atoms with van der Waals surface area (Å²) in [5.74, 6) is 0. The van der Waals surface area contributed by atoms with Crippen molar-refractivity contribution < 1.29 is 0 Å². The Morgan fingerprint density at radius 2 is 2.12 bits per heavy atom. The molecule has 0 fully saturated rings. The third-order valence-corrected chi connectivity index (χ3v) is 3.14. The Kier molecular flexibility index (Phi) is 3.17. The van der Waals surface area contributed by atoms with Crippen molar-refractivity contribution in [3.8, 4) is 0 Å². The second kappa shape index (κ2) is 4.59. The average Bonchev–Trinajstić information content (AvgIpc) is 2.83. The van der Waals surface area contributed by atoms with E-state index in [2.05, 4.69) is 33.7 Å². The standard InChI is InChI=1S/C11H14N4S/c1-11(7-12,9-5-3-2-4-6-9)15-10-13-8-14-16-10/h2-6,8H,7,12H2,1H3,(H,13,14,15). The smallest absolute Gasteiger partial charge is 0.203 e. The number of rotatable bonds is 4. The summed E-state index contributed by atoms with van der Waals surface area (Å²) >= 11 is 1.33. The lowest BCUT2D eigenvalue weighted by atomic mass is 9.92. The number of hydrogen-bond donors (Lipinski definition) is 2. The molecule has 0 saturated heterocycles. The molecule has 2 rings (SSSR count). The van der Waals surface area contributed by atoms with Gasteiger partial charge in [-0.05, 0) is 12.5 Å². The summed E-state index contributed by atoms with van der Waals surface area (Å²) in [6.45, 7) is 2.56. The number of nitrogens with two attached hydrogens (primary N) is 1. The first-order chi connectivity index (χ1) is 7.74. The molecule has 1 atom stereocenters. The van der Waals surface area contributed by atoms with Crippen LogP contribution in [0.1, 0.15) is 12.5 Å². The van der Waals surface area contributed by atoms with Crippen LogP contribution >= 0.6 is 11.5 Å². The van der Waals surface area contributed by atoms with Crippen molar-refractivity contribution in [2.24, 2.45) is 5.73 Å². The average molecular weight is 234 g/mol. The van der Waals surface area contributed by atoms with E-state index >= 15 is 0 Å². The molecule has 16 heavy (non-hydrogen) atoms. The van der Waals surface area contributed by atoms with Gasteiger partial charge in [0, 0.05) is 18.1 Å². The van der Waals surface area contributed by atoms with Crippen LogP contribution in [0.25, 0.3) is 0 Å². The van der Waals surface area contributed by atoms with Gasteiger partial charge in [-0.1, -0.05) is 30.3 Å². The zero-order valence-electron chi connectivity index (χ0n) is 9.05. The molecule has 0 saturated carbocycles. The van der Waals surface area contributed by atoms with Crippen LogP contribution in [0.3, 0.4) is 0 Å². The van der Waals surface area contributed by atoms with Gasteiger partial charge < -0.3 is 11.1 Å². The molecule has 0 bridgehead atoms. The minimum atomic E-state index is -0.305. The molecule has 0 aliphatic heterocycles. The molecule has 1 aromatic heterocycles.